The van der Waals surface area contributed by atoms with Gasteiger partial charge in [0.2, 0.25) is 0 Å². The van der Waals surface area contributed by atoms with Gasteiger partial charge in [0.1, 0.15) is 0 Å². The maximum absolute atomic E-state index is 11.5. The van der Waals surface area contributed by atoms with Gasteiger partial charge in [-0.25, -0.2) is 0 Å². The van der Waals surface area contributed by atoms with Crippen LogP contribution in [-0.4, -0.2) is 5.78 Å². The highest BCUT2D eigenvalue weighted by molar-refractivity contribution is 6.31. The number of benzene rings is 1. The quantitative estimate of drug-likeness (QED) is 0.618. The zero-order chi connectivity index (χ0) is 9.26. The fourth-order valence-electron chi connectivity index (χ4n) is 1.52. The van der Waals surface area contributed by atoms with E-state index in [1.807, 2.05) is 18.2 Å². The van der Waals surface area contributed by atoms with Crippen molar-refractivity contribution in [1.82, 2.24) is 0 Å². The van der Waals surface area contributed by atoms with Crippen LogP contribution in [0.3, 0.4) is 0 Å². The molecule has 2 rings (SSSR count). The smallest absolute Gasteiger partial charge is 0.185 e. The van der Waals surface area contributed by atoms with E-state index in [1.165, 1.54) is 0 Å². The first-order valence-corrected chi connectivity index (χ1v) is 4.64. The van der Waals surface area contributed by atoms with E-state index in [-0.39, 0.29) is 5.78 Å². The Morgan fingerprint density at radius 2 is 2.15 bits per heavy atom. The van der Waals surface area contributed by atoms with Crippen LogP contribution in [0.4, 0.5) is 0 Å². The molecule has 0 spiro atoms. The standard InChI is InChI=1S/C11H9ClO/c12-9-6-5-8-3-1-2-4-11(13)10(8)7-9/h2,4-7H,1,3H2. The van der Waals surface area contributed by atoms with E-state index < -0.39 is 0 Å². The molecule has 0 fully saturated rings. The minimum Gasteiger partial charge on any atom is -0.289 e. The largest absolute Gasteiger partial charge is 0.289 e. The number of carbonyl (C=O) groups excluding carboxylic acids is 1. The SMILES string of the molecule is O=C1C=CCCc2ccc(Cl)cc21. The minimum absolute atomic E-state index is 0.0648. The van der Waals surface area contributed by atoms with Crippen molar-refractivity contribution in [2.24, 2.45) is 0 Å². The second kappa shape index (κ2) is 3.35. The van der Waals surface area contributed by atoms with Crippen LogP contribution in [0.5, 0.6) is 0 Å². The molecule has 0 radical (unpaired) electrons. The summed E-state index contributed by atoms with van der Waals surface area (Å²) in [6.45, 7) is 0. The van der Waals surface area contributed by atoms with Crippen LogP contribution in [0.25, 0.3) is 0 Å². The van der Waals surface area contributed by atoms with Crippen LogP contribution < -0.4 is 0 Å². The highest BCUT2D eigenvalue weighted by atomic mass is 35.5. The third kappa shape index (κ3) is 1.65. The summed E-state index contributed by atoms with van der Waals surface area (Å²) in [6.07, 6.45) is 5.40. The van der Waals surface area contributed by atoms with Gasteiger partial charge in [-0.1, -0.05) is 23.7 Å². The molecule has 13 heavy (non-hydrogen) atoms. The van der Waals surface area contributed by atoms with Gasteiger partial charge in [-0.15, -0.1) is 0 Å². The van der Waals surface area contributed by atoms with Gasteiger partial charge in [-0.2, -0.15) is 0 Å². The molecule has 1 nitrogen and oxygen atoms in total. The van der Waals surface area contributed by atoms with Crippen LogP contribution in [0.1, 0.15) is 22.3 Å². The number of hydrogen-bond donors (Lipinski definition) is 0. The summed E-state index contributed by atoms with van der Waals surface area (Å²) in [4.78, 5) is 11.5. The fraction of sp³-hybridized carbons (Fsp3) is 0.182. The second-order valence-electron chi connectivity index (χ2n) is 3.11. The van der Waals surface area contributed by atoms with E-state index >= 15 is 0 Å². The van der Waals surface area contributed by atoms with Crippen molar-refractivity contribution in [3.05, 3.63) is 46.5 Å². The third-order valence-electron chi connectivity index (χ3n) is 2.19. The summed E-state index contributed by atoms with van der Waals surface area (Å²) >= 11 is 5.82. The first-order valence-electron chi connectivity index (χ1n) is 4.26. The highest BCUT2D eigenvalue weighted by Gasteiger charge is 2.11. The lowest BCUT2D eigenvalue weighted by Gasteiger charge is -2.03. The zero-order valence-corrected chi connectivity index (χ0v) is 7.84. The summed E-state index contributed by atoms with van der Waals surface area (Å²) in [6, 6.07) is 5.51. The first kappa shape index (κ1) is 8.52. The Labute approximate surface area is 82.0 Å². The average Bonchev–Trinajstić information content (AvgIpc) is 2.29. The number of ketones is 1. The zero-order valence-electron chi connectivity index (χ0n) is 7.09. The second-order valence-corrected chi connectivity index (χ2v) is 3.54. The predicted molar refractivity (Wildman–Crippen MR) is 53.2 cm³/mol. The Kier molecular flexibility index (Phi) is 2.19. The van der Waals surface area contributed by atoms with Crippen molar-refractivity contribution < 1.29 is 4.79 Å². The summed E-state index contributed by atoms with van der Waals surface area (Å²) in [5, 5.41) is 0.627. The summed E-state index contributed by atoms with van der Waals surface area (Å²) in [5.41, 5.74) is 1.85. The topological polar surface area (TPSA) is 17.1 Å². The van der Waals surface area contributed by atoms with Gasteiger partial charge in [-0.05, 0) is 36.6 Å². The molecular formula is C11H9ClO. The molecule has 0 amide bonds. The number of aryl methyl sites for hydroxylation is 1. The van der Waals surface area contributed by atoms with Gasteiger partial charge in [-0.3, -0.25) is 4.79 Å². The molecule has 0 bridgehead atoms. The molecule has 1 aromatic rings. The molecule has 1 aromatic carbocycles. The van der Waals surface area contributed by atoms with Crippen LogP contribution >= 0.6 is 11.6 Å². The molecule has 1 aliphatic rings. The first-order chi connectivity index (χ1) is 6.27. The normalized spacial score (nSPS) is 15.3. The van der Waals surface area contributed by atoms with E-state index in [0.29, 0.717) is 5.02 Å². The van der Waals surface area contributed by atoms with E-state index in [4.69, 9.17) is 11.6 Å². The maximum atomic E-state index is 11.5. The predicted octanol–water partition coefficient (Wildman–Crippen LogP) is 3.03. The Bertz CT molecular complexity index is 380. The Balaban J connectivity index is 2.56. The van der Waals surface area contributed by atoms with E-state index in [2.05, 4.69) is 0 Å². The van der Waals surface area contributed by atoms with Crippen molar-refractivity contribution >= 4 is 17.4 Å². The molecule has 1 aliphatic carbocycles. The van der Waals surface area contributed by atoms with Crippen molar-refractivity contribution in [2.75, 3.05) is 0 Å². The number of halogens is 1. The van der Waals surface area contributed by atoms with Gasteiger partial charge >= 0.3 is 0 Å². The van der Waals surface area contributed by atoms with E-state index in [1.54, 1.807) is 12.1 Å². The monoisotopic (exact) mass is 192 g/mol. The molecule has 0 unspecified atom stereocenters. The lowest BCUT2D eigenvalue weighted by molar-refractivity contribution is 0.104. The Morgan fingerprint density at radius 1 is 1.31 bits per heavy atom. The molecule has 0 aromatic heterocycles. The van der Waals surface area contributed by atoms with Crippen molar-refractivity contribution in [2.45, 2.75) is 12.8 Å². The fourth-order valence-corrected chi connectivity index (χ4v) is 1.69. The van der Waals surface area contributed by atoms with Crippen molar-refractivity contribution in [1.29, 1.82) is 0 Å². The Morgan fingerprint density at radius 3 is 3.00 bits per heavy atom. The average molecular weight is 193 g/mol. The molecule has 0 N–H and O–H groups in total. The lowest BCUT2D eigenvalue weighted by atomic mass is 10.0. The summed E-state index contributed by atoms with van der Waals surface area (Å²) in [5.74, 6) is 0.0648. The van der Waals surface area contributed by atoms with Crippen molar-refractivity contribution in [3.8, 4) is 0 Å². The van der Waals surface area contributed by atoms with E-state index in [0.717, 1.165) is 24.0 Å². The minimum atomic E-state index is 0.0648. The van der Waals surface area contributed by atoms with Crippen LogP contribution in [-0.2, 0) is 6.42 Å². The molecule has 0 aliphatic heterocycles. The van der Waals surface area contributed by atoms with Crippen LogP contribution in [0.15, 0.2) is 30.4 Å². The third-order valence-corrected chi connectivity index (χ3v) is 2.42. The Hall–Kier alpha value is -1.08. The van der Waals surface area contributed by atoms with E-state index in [9.17, 15) is 4.79 Å². The van der Waals surface area contributed by atoms with Gasteiger partial charge in [0.25, 0.3) is 0 Å². The molecule has 0 atom stereocenters. The maximum Gasteiger partial charge on any atom is 0.185 e. The summed E-state index contributed by atoms with van der Waals surface area (Å²) < 4.78 is 0. The lowest BCUT2D eigenvalue weighted by Crippen LogP contribution is -1.97. The highest BCUT2D eigenvalue weighted by Crippen LogP contribution is 2.20. The number of fused-ring (bicyclic) bond motifs is 1. The van der Waals surface area contributed by atoms with Gasteiger partial charge in [0, 0.05) is 10.6 Å². The van der Waals surface area contributed by atoms with Gasteiger partial charge < -0.3 is 0 Å². The summed E-state index contributed by atoms with van der Waals surface area (Å²) in [7, 11) is 0. The number of rotatable bonds is 0. The molecule has 2 heteroatoms. The van der Waals surface area contributed by atoms with Crippen molar-refractivity contribution in [3.63, 3.8) is 0 Å². The number of allylic oxidation sites excluding steroid dienone is 2. The molecule has 0 heterocycles. The number of hydrogen-bond acceptors (Lipinski definition) is 1. The molecule has 66 valence electrons. The van der Waals surface area contributed by atoms with Gasteiger partial charge in [0.05, 0.1) is 0 Å². The van der Waals surface area contributed by atoms with Crippen LogP contribution in [0, 0.1) is 0 Å². The molecular weight excluding hydrogens is 184 g/mol. The molecule has 0 saturated heterocycles. The number of carbonyl (C=O) groups is 1. The van der Waals surface area contributed by atoms with Crippen LogP contribution in [0.2, 0.25) is 5.02 Å². The van der Waals surface area contributed by atoms with Gasteiger partial charge in [0.15, 0.2) is 5.78 Å². The molecule has 0 saturated carbocycles.